The maximum atomic E-state index is 12.4. The van der Waals surface area contributed by atoms with Crippen molar-refractivity contribution in [2.75, 3.05) is 13.1 Å². The minimum absolute atomic E-state index is 0.302. The number of amides is 1. The Kier molecular flexibility index (Phi) is 4.31. The highest BCUT2D eigenvalue weighted by molar-refractivity contribution is 5.79. The van der Waals surface area contributed by atoms with Crippen molar-refractivity contribution < 1.29 is 4.79 Å². The SMILES string of the molecule is Cc1nccn1Cc1nnc(C2CCN(C(=O)C3CCC3)CC2)n1C. The van der Waals surface area contributed by atoms with Gasteiger partial charge in [-0.3, -0.25) is 4.79 Å². The average molecular weight is 342 g/mol. The van der Waals surface area contributed by atoms with E-state index in [1.54, 1.807) is 6.20 Å². The third kappa shape index (κ3) is 3.07. The monoisotopic (exact) mass is 342 g/mol. The van der Waals surface area contributed by atoms with Crippen LogP contribution in [0.5, 0.6) is 0 Å². The number of likely N-dealkylation sites (tertiary alicyclic amines) is 1. The van der Waals surface area contributed by atoms with Gasteiger partial charge in [-0.25, -0.2) is 4.98 Å². The van der Waals surface area contributed by atoms with E-state index in [0.29, 0.717) is 24.3 Å². The van der Waals surface area contributed by atoms with Gasteiger partial charge in [0.25, 0.3) is 0 Å². The van der Waals surface area contributed by atoms with Crippen molar-refractivity contribution in [1.82, 2.24) is 29.2 Å². The second kappa shape index (κ2) is 6.61. The molecule has 1 saturated heterocycles. The molecule has 1 aliphatic carbocycles. The zero-order chi connectivity index (χ0) is 17.4. The minimum atomic E-state index is 0.302. The molecular formula is C18H26N6O. The number of hydrogen-bond acceptors (Lipinski definition) is 4. The highest BCUT2D eigenvalue weighted by Gasteiger charge is 2.33. The highest BCUT2D eigenvalue weighted by atomic mass is 16.2. The van der Waals surface area contributed by atoms with Gasteiger partial charge in [0.05, 0.1) is 6.54 Å². The van der Waals surface area contributed by atoms with E-state index in [4.69, 9.17) is 0 Å². The lowest BCUT2D eigenvalue weighted by molar-refractivity contribution is -0.139. The molecular weight excluding hydrogens is 316 g/mol. The summed E-state index contributed by atoms with van der Waals surface area (Å²) < 4.78 is 4.20. The molecule has 0 atom stereocenters. The Balaban J connectivity index is 1.40. The van der Waals surface area contributed by atoms with E-state index in [0.717, 1.165) is 56.2 Å². The first kappa shape index (κ1) is 16.3. The standard InChI is InChI=1S/C18H26N6O/c1-13-19-8-11-24(13)12-16-20-21-17(22(16)2)14-6-9-23(10-7-14)18(25)15-4-3-5-15/h8,11,14-15H,3-7,9-10,12H2,1-2H3. The molecule has 1 aliphatic heterocycles. The first-order valence-corrected chi connectivity index (χ1v) is 9.28. The molecule has 2 aromatic heterocycles. The van der Waals surface area contributed by atoms with E-state index in [2.05, 4.69) is 29.2 Å². The Hall–Kier alpha value is -2.18. The Bertz CT molecular complexity index is 751. The van der Waals surface area contributed by atoms with Crippen LogP contribution in [0.15, 0.2) is 12.4 Å². The van der Waals surface area contributed by atoms with Crippen molar-refractivity contribution in [2.24, 2.45) is 13.0 Å². The fourth-order valence-corrected chi connectivity index (χ4v) is 3.86. The van der Waals surface area contributed by atoms with Crippen molar-refractivity contribution in [2.45, 2.75) is 51.5 Å². The summed E-state index contributed by atoms with van der Waals surface area (Å²) in [5.41, 5.74) is 0. The molecule has 0 N–H and O–H groups in total. The predicted molar refractivity (Wildman–Crippen MR) is 93.0 cm³/mol. The van der Waals surface area contributed by atoms with Crippen molar-refractivity contribution >= 4 is 5.91 Å². The molecule has 0 spiro atoms. The predicted octanol–water partition coefficient (Wildman–Crippen LogP) is 1.87. The number of nitrogens with zero attached hydrogens (tertiary/aromatic N) is 6. The minimum Gasteiger partial charge on any atom is -0.342 e. The number of aromatic nitrogens is 5. The van der Waals surface area contributed by atoms with E-state index in [1.807, 2.05) is 20.2 Å². The summed E-state index contributed by atoms with van der Waals surface area (Å²) in [4.78, 5) is 18.7. The molecule has 1 saturated carbocycles. The zero-order valence-electron chi connectivity index (χ0n) is 15.1. The topological polar surface area (TPSA) is 68.8 Å². The molecule has 2 aromatic rings. The Labute approximate surface area is 148 Å². The summed E-state index contributed by atoms with van der Waals surface area (Å²) >= 11 is 0. The van der Waals surface area contributed by atoms with E-state index in [-0.39, 0.29) is 0 Å². The molecule has 2 aliphatic rings. The number of rotatable bonds is 4. The van der Waals surface area contributed by atoms with E-state index < -0.39 is 0 Å². The number of carbonyl (C=O) groups excluding carboxylic acids is 1. The zero-order valence-corrected chi connectivity index (χ0v) is 15.1. The first-order chi connectivity index (χ1) is 12.1. The Morgan fingerprint density at radius 3 is 2.56 bits per heavy atom. The van der Waals surface area contributed by atoms with E-state index in [1.165, 1.54) is 6.42 Å². The van der Waals surface area contributed by atoms with Crippen molar-refractivity contribution in [3.8, 4) is 0 Å². The maximum absolute atomic E-state index is 12.4. The Morgan fingerprint density at radius 2 is 1.96 bits per heavy atom. The van der Waals surface area contributed by atoms with Gasteiger partial charge in [0.1, 0.15) is 11.6 Å². The molecule has 1 amide bonds. The van der Waals surface area contributed by atoms with Gasteiger partial charge >= 0.3 is 0 Å². The molecule has 7 heteroatoms. The van der Waals surface area contributed by atoms with Crippen LogP contribution in [0.1, 0.15) is 55.5 Å². The molecule has 7 nitrogen and oxygen atoms in total. The smallest absolute Gasteiger partial charge is 0.225 e. The van der Waals surface area contributed by atoms with Gasteiger partial charge in [-0.2, -0.15) is 0 Å². The largest absolute Gasteiger partial charge is 0.342 e. The molecule has 25 heavy (non-hydrogen) atoms. The normalized spacial score (nSPS) is 19.2. The van der Waals surface area contributed by atoms with Crippen molar-refractivity contribution in [1.29, 1.82) is 0 Å². The van der Waals surface area contributed by atoms with Crippen LogP contribution in [-0.4, -0.2) is 48.2 Å². The molecule has 0 radical (unpaired) electrons. The number of imidazole rings is 1. The number of carbonyl (C=O) groups is 1. The number of aryl methyl sites for hydroxylation is 1. The fraction of sp³-hybridized carbons (Fsp3) is 0.667. The molecule has 4 rings (SSSR count). The van der Waals surface area contributed by atoms with Gasteiger partial charge in [-0.15, -0.1) is 10.2 Å². The van der Waals surface area contributed by atoms with Gasteiger partial charge in [0.15, 0.2) is 5.82 Å². The summed E-state index contributed by atoms with van der Waals surface area (Å²) in [7, 11) is 2.04. The fourth-order valence-electron chi connectivity index (χ4n) is 3.86. The second-order valence-electron chi connectivity index (χ2n) is 7.36. The summed E-state index contributed by atoms with van der Waals surface area (Å²) in [5.74, 6) is 4.04. The summed E-state index contributed by atoms with van der Waals surface area (Å²) in [6.07, 6.45) is 9.11. The van der Waals surface area contributed by atoms with Gasteiger partial charge in [0.2, 0.25) is 5.91 Å². The summed E-state index contributed by atoms with van der Waals surface area (Å²) in [5, 5.41) is 8.85. The van der Waals surface area contributed by atoms with Gasteiger partial charge in [-0.05, 0) is 32.6 Å². The van der Waals surface area contributed by atoms with Crippen LogP contribution in [0.3, 0.4) is 0 Å². The quantitative estimate of drug-likeness (QED) is 0.851. The lowest BCUT2D eigenvalue weighted by Crippen LogP contribution is -2.43. The molecule has 3 heterocycles. The lowest BCUT2D eigenvalue weighted by Gasteiger charge is -2.36. The van der Waals surface area contributed by atoms with Crippen LogP contribution < -0.4 is 0 Å². The van der Waals surface area contributed by atoms with Gasteiger partial charge < -0.3 is 14.0 Å². The van der Waals surface area contributed by atoms with Crippen LogP contribution in [0.25, 0.3) is 0 Å². The third-order valence-corrected chi connectivity index (χ3v) is 5.86. The molecule has 134 valence electrons. The Morgan fingerprint density at radius 1 is 1.20 bits per heavy atom. The third-order valence-electron chi connectivity index (χ3n) is 5.86. The molecule has 0 unspecified atom stereocenters. The molecule has 0 aromatic carbocycles. The van der Waals surface area contributed by atoms with Crippen molar-refractivity contribution in [3.05, 3.63) is 29.9 Å². The molecule has 2 fully saturated rings. The summed E-state index contributed by atoms with van der Waals surface area (Å²) in [6.45, 7) is 4.38. The molecule has 0 bridgehead atoms. The summed E-state index contributed by atoms with van der Waals surface area (Å²) in [6, 6.07) is 0. The van der Waals surface area contributed by atoms with Gasteiger partial charge in [-0.1, -0.05) is 6.42 Å². The lowest BCUT2D eigenvalue weighted by atomic mass is 9.83. The van der Waals surface area contributed by atoms with Crippen LogP contribution in [0.4, 0.5) is 0 Å². The first-order valence-electron chi connectivity index (χ1n) is 9.28. The van der Waals surface area contributed by atoms with Crippen molar-refractivity contribution in [3.63, 3.8) is 0 Å². The van der Waals surface area contributed by atoms with Crippen LogP contribution in [0.2, 0.25) is 0 Å². The van der Waals surface area contributed by atoms with E-state index >= 15 is 0 Å². The van der Waals surface area contributed by atoms with Crippen LogP contribution in [-0.2, 0) is 18.4 Å². The van der Waals surface area contributed by atoms with Crippen LogP contribution in [0, 0.1) is 12.8 Å². The number of hydrogen-bond donors (Lipinski definition) is 0. The van der Waals surface area contributed by atoms with Crippen LogP contribution >= 0.6 is 0 Å². The van der Waals surface area contributed by atoms with Gasteiger partial charge in [0, 0.05) is 44.4 Å². The second-order valence-corrected chi connectivity index (χ2v) is 7.36. The van der Waals surface area contributed by atoms with E-state index in [9.17, 15) is 4.79 Å². The average Bonchev–Trinajstić information content (AvgIpc) is 3.13. The number of piperidine rings is 1. The maximum Gasteiger partial charge on any atom is 0.225 e. The highest BCUT2D eigenvalue weighted by Crippen LogP contribution is 2.32.